The van der Waals surface area contributed by atoms with Crippen LogP contribution in [0.4, 0.5) is 5.82 Å². The minimum Gasteiger partial charge on any atom is -0.355 e. The highest BCUT2D eigenvalue weighted by molar-refractivity contribution is 6.17. The summed E-state index contributed by atoms with van der Waals surface area (Å²) >= 11 is 6.17. The van der Waals surface area contributed by atoms with Crippen LogP contribution in [0.5, 0.6) is 0 Å². The Hall–Kier alpha value is -1.32. The molecule has 0 radical (unpaired) electrons. The molecule has 2 heterocycles. The van der Waals surface area contributed by atoms with E-state index in [1.165, 1.54) is 12.8 Å². The van der Waals surface area contributed by atoms with Crippen molar-refractivity contribution in [1.29, 1.82) is 0 Å². The summed E-state index contributed by atoms with van der Waals surface area (Å²) in [5.41, 5.74) is 2.18. The van der Waals surface area contributed by atoms with Crippen LogP contribution in [0, 0.1) is 0 Å². The van der Waals surface area contributed by atoms with Gasteiger partial charge in [-0.2, -0.15) is 0 Å². The molecule has 2 aromatic rings. The van der Waals surface area contributed by atoms with Crippen molar-refractivity contribution in [3.63, 3.8) is 0 Å². The van der Waals surface area contributed by atoms with Crippen molar-refractivity contribution in [2.75, 3.05) is 32.1 Å². The number of rotatable bonds is 3. The molecule has 0 aliphatic carbocycles. The molecule has 112 valence electrons. The van der Waals surface area contributed by atoms with Crippen LogP contribution in [0.25, 0.3) is 10.9 Å². The molecule has 0 bridgehead atoms. The van der Waals surface area contributed by atoms with Gasteiger partial charge < -0.3 is 9.80 Å². The van der Waals surface area contributed by atoms with E-state index in [0.717, 1.165) is 35.4 Å². The number of benzene rings is 1. The quantitative estimate of drug-likeness (QED) is 0.809. The van der Waals surface area contributed by atoms with E-state index in [4.69, 9.17) is 16.6 Å². The Labute approximate surface area is 131 Å². The first-order valence-electron chi connectivity index (χ1n) is 7.55. The molecular formula is C17H22ClN3. The minimum atomic E-state index is 0.510. The van der Waals surface area contributed by atoms with E-state index in [9.17, 15) is 0 Å². The van der Waals surface area contributed by atoms with Crippen LogP contribution in [-0.2, 0) is 5.88 Å². The van der Waals surface area contributed by atoms with Gasteiger partial charge in [0.2, 0.25) is 0 Å². The molecule has 1 aromatic carbocycles. The smallest absolute Gasteiger partial charge is 0.133 e. The summed E-state index contributed by atoms with van der Waals surface area (Å²) in [6.07, 6.45) is 2.46. The maximum atomic E-state index is 6.17. The zero-order valence-corrected chi connectivity index (χ0v) is 13.5. The molecule has 4 heteroatoms. The van der Waals surface area contributed by atoms with Crippen molar-refractivity contribution < 1.29 is 0 Å². The third-order valence-corrected chi connectivity index (χ3v) is 4.64. The van der Waals surface area contributed by atoms with Gasteiger partial charge in [-0.05, 0) is 39.1 Å². The maximum absolute atomic E-state index is 6.17. The first-order valence-corrected chi connectivity index (χ1v) is 8.08. The molecule has 0 amide bonds. The summed E-state index contributed by atoms with van der Waals surface area (Å²) in [6, 6.07) is 11.0. The monoisotopic (exact) mass is 303 g/mol. The van der Waals surface area contributed by atoms with Gasteiger partial charge in [0.25, 0.3) is 0 Å². The predicted octanol–water partition coefficient (Wildman–Crippen LogP) is 3.50. The molecule has 1 aromatic heterocycles. The summed E-state index contributed by atoms with van der Waals surface area (Å²) in [4.78, 5) is 9.60. The lowest BCUT2D eigenvalue weighted by Crippen LogP contribution is -2.45. The zero-order chi connectivity index (χ0) is 14.8. The van der Waals surface area contributed by atoms with E-state index in [2.05, 4.69) is 42.1 Å². The normalized spacial score (nSPS) is 19.4. The van der Waals surface area contributed by atoms with Crippen molar-refractivity contribution in [3.05, 3.63) is 35.9 Å². The van der Waals surface area contributed by atoms with Crippen molar-refractivity contribution >= 4 is 28.3 Å². The van der Waals surface area contributed by atoms with Crippen LogP contribution in [0.1, 0.15) is 18.4 Å². The molecule has 1 saturated heterocycles. The molecule has 0 saturated carbocycles. The minimum absolute atomic E-state index is 0.510. The highest BCUT2D eigenvalue weighted by Gasteiger charge is 2.24. The van der Waals surface area contributed by atoms with Crippen LogP contribution in [0.2, 0.25) is 0 Å². The number of fused-ring (bicyclic) bond motifs is 1. The molecule has 1 atom stereocenters. The SMILES string of the molecule is CN(C)C1CCCN(c2nc3ccccc3cc2CCl)C1. The van der Waals surface area contributed by atoms with E-state index in [-0.39, 0.29) is 0 Å². The molecule has 3 rings (SSSR count). The van der Waals surface area contributed by atoms with Crippen molar-refractivity contribution in [3.8, 4) is 0 Å². The topological polar surface area (TPSA) is 19.4 Å². The first kappa shape index (κ1) is 14.6. The number of nitrogens with zero attached hydrogens (tertiary/aromatic N) is 3. The molecule has 1 unspecified atom stereocenters. The number of hydrogen-bond acceptors (Lipinski definition) is 3. The third-order valence-electron chi connectivity index (χ3n) is 4.35. The summed E-state index contributed by atoms with van der Waals surface area (Å²) < 4.78 is 0. The van der Waals surface area contributed by atoms with E-state index in [1.807, 2.05) is 12.1 Å². The second-order valence-electron chi connectivity index (χ2n) is 6.00. The van der Waals surface area contributed by atoms with Gasteiger partial charge in [0.15, 0.2) is 0 Å². The van der Waals surface area contributed by atoms with Gasteiger partial charge in [-0.3, -0.25) is 0 Å². The Morgan fingerprint density at radius 2 is 2.14 bits per heavy atom. The Balaban J connectivity index is 1.98. The second-order valence-corrected chi connectivity index (χ2v) is 6.27. The van der Waals surface area contributed by atoms with Crippen LogP contribution in [0.3, 0.4) is 0 Å². The van der Waals surface area contributed by atoms with E-state index in [1.54, 1.807) is 0 Å². The van der Waals surface area contributed by atoms with E-state index >= 15 is 0 Å². The molecule has 0 spiro atoms. The molecule has 0 N–H and O–H groups in total. The molecule has 1 fully saturated rings. The second kappa shape index (κ2) is 6.20. The van der Waals surface area contributed by atoms with Crippen LogP contribution in [0.15, 0.2) is 30.3 Å². The lowest BCUT2D eigenvalue weighted by atomic mass is 10.0. The lowest BCUT2D eigenvalue weighted by molar-refractivity contribution is 0.257. The average molecular weight is 304 g/mol. The van der Waals surface area contributed by atoms with Crippen molar-refractivity contribution in [1.82, 2.24) is 9.88 Å². The number of pyridine rings is 1. The summed E-state index contributed by atoms with van der Waals surface area (Å²) in [5, 5.41) is 1.16. The van der Waals surface area contributed by atoms with Crippen molar-refractivity contribution in [2.24, 2.45) is 0 Å². The largest absolute Gasteiger partial charge is 0.355 e. The molecule has 21 heavy (non-hydrogen) atoms. The van der Waals surface area contributed by atoms with Gasteiger partial charge >= 0.3 is 0 Å². The molecular weight excluding hydrogens is 282 g/mol. The number of likely N-dealkylation sites (N-methyl/N-ethyl adjacent to an activating group) is 1. The third kappa shape index (κ3) is 2.99. The number of para-hydroxylation sites is 1. The molecule has 1 aliphatic heterocycles. The lowest BCUT2D eigenvalue weighted by Gasteiger charge is -2.37. The fraction of sp³-hybridized carbons (Fsp3) is 0.471. The van der Waals surface area contributed by atoms with E-state index < -0.39 is 0 Å². The maximum Gasteiger partial charge on any atom is 0.133 e. The standard InChI is InChI=1S/C17H22ClN3/c1-20(2)15-7-5-9-21(12-15)17-14(11-18)10-13-6-3-4-8-16(13)19-17/h3-4,6,8,10,15H,5,7,9,11-12H2,1-2H3. The molecule has 1 aliphatic rings. The van der Waals surface area contributed by atoms with Gasteiger partial charge in [-0.1, -0.05) is 18.2 Å². The predicted molar refractivity (Wildman–Crippen MR) is 90.2 cm³/mol. The van der Waals surface area contributed by atoms with Gasteiger partial charge in [-0.15, -0.1) is 11.6 Å². The van der Waals surface area contributed by atoms with E-state index in [0.29, 0.717) is 11.9 Å². The fourth-order valence-electron chi connectivity index (χ4n) is 3.09. The van der Waals surface area contributed by atoms with Gasteiger partial charge in [0.05, 0.1) is 11.4 Å². The average Bonchev–Trinajstić information content (AvgIpc) is 2.53. The van der Waals surface area contributed by atoms with Crippen LogP contribution in [-0.4, -0.2) is 43.1 Å². The summed E-state index contributed by atoms with van der Waals surface area (Å²) in [5.74, 6) is 1.58. The van der Waals surface area contributed by atoms with Gasteiger partial charge in [-0.25, -0.2) is 4.98 Å². The number of aromatic nitrogens is 1. The van der Waals surface area contributed by atoms with Gasteiger partial charge in [0, 0.05) is 30.1 Å². The first-order chi connectivity index (χ1) is 10.2. The van der Waals surface area contributed by atoms with Crippen LogP contribution >= 0.6 is 11.6 Å². The Kier molecular flexibility index (Phi) is 4.32. The van der Waals surface area contributed by atoms with Gasteiger partial charge in [0.1, 0.15) is 5.82 Å². The molecule has 3 nitrogen and oxygen atoms in total. The Morgan fingerprint density at radius 3 is 2.90 bits per heavy atom. The highest BCUT2D eigenvalue weighted by Crippen LogP contribution is 2.28. The fourth-order valence-corrected chi connectivity index (χ4v) is 3.29. The number of halogens is 1. The Bertz CT molecular complexity index is 626. The number of piperidine rings is 1. The summed E-state index contributed by atoms with van der Waals surface area (Å²) in [6.45, 7) is 2.10. The summed E-state index contributed by atoms with van der Waals surface area (Å²) in [7, 11) is 4.31. The number of alkyl halides is 1. The Morgan fingerprint density at radius 1 is 1.33 bits per heavy atom. The highest BCUT2D eigenvalue weighted by atomic mass is 35.5. The number of hydrogen-bond donors (Lipinski definition) is 0. The van der Waals surface area contributed by atoms with Crippen LogP contribution < -0.4 is 4.90 Å². The van der Waals surface area contributed by atoms with Crippen molar-refractivity contribution in [2.45, 2.75) is 24.8 Å². The zero-order valence-electron chi connectivity index (χ0n) is 12.7. The number of anilines is 1.